The van der Waals surface area contributed by atoms with Gasteiger partial charge in [0.15, 0.2) is 0 Å². The van der Waals surface area contributed by atoms with Gasteiger partial charge in [-0.25, -0.2) is 0 Å². The molecule has 0 rings (SSSR count). The second-order valence-corrected chi connectivity index (χ2v) is 2.32. The first-order chi connectivity index (χ1) is 1.73. The minimum Gasteiger partial charge on any atom is -0.188 e. The van der Waals surface area contributed by atoms with Gasteiger partial charge in [-0.2, -0.15) is 4.55 Å². The van der Waals surface area contributed by atoms with E-state index < -0.39 is 0 Å². The van der Waals surface area contributed by atoms with Gasteiger partial charge in [0, 0.05) is 0 Å². The Morgan fingerprint density at radius 1 is 1.50 bits per heavy atom. The first-order valence-electron chi connectivity index (χ1n) is 0.999. The Kier molecular flexibility index (Phi) is 1.74. The van der Waals surface area contributed by atoms with Crippen LogP contribution >= 0.6 is 0 Å². The lowest BCUT2D eigenvalue weighted by atomic mass is 11.9. The van der Waals surface area contributed by atoms with Crippen LogP contribution in [-0.2, 0) is 11.2 Å². The van der Waals surface area contributed by atoms with Crippen molar-refractivity contribution in [3.05, 3.63) is 0 Å². The Labute approximate surface area is 29.2 Å². The van der Waals surface area contributed by atoms with E-state index >= 15 is 0 Å². The van der Waals surface area contributed by atoms with Crippen LogP contribution in [0.4, 0.5) is 0 Å². The summed E-state index contributed by atoms with van der Waals surface area (Å²) in [7, 11) is 0. The van der Waals surface area contributed by atoms with Crippen molar-refractivity contribution in [3.63, 3.8) is 0 Å². The zero-order valence-electron chi connectivity index (χ0n) is 2.86. The maximum absolute atomic E-state index is 8.08. The molecular weight excluding hydrogens is 72.1 g/mol. The van der Waals surface area contributed by atoms with Crippen LogP contribution in [0.15, 0.2) is 0 Å². The minimum atomic E-state index is -0.361. The summed E-state index contributed by atoms with van der Waals surface area (Å²) in [6, 6.07) is 0. The van der Waals surface area contributed by atoms with E-state index in [4.69, 9.17) is 4.55 Å². The molecule has 0 radical (unpaired) electrons. The van der Waals surface area contributed by atoms with E-state index in [2.05, 4.69) is 0 Å². The van der Waals surface area contributed by atoms with Gasteiger partial charge in [-0.1, -0.05) is 0 Å². The number of hydrogen-bond acceptors (Lipinski definition) is 1. The molecule has 1 N–H and O–H groups in total. The summed E-state index contributed by atoms with van der Waals surface area (Å²) >= 11 is -0.361. The van der Waals surface area contributed by atoms with Crippen molar-refractivity contribution in [2.24, 2.45) is 0 Å². The fourth-order valence-electron chi connectivity index (χ4n) is 0. The van der Waals surface area contributed by atoms with Gasteiger partial charge in [0.1, 0.15) is 23.7 Å². The average molecular weight is 79.1 g/mol. The highest BCUT2D eigenvalue weighted by atomic mass is 32.2. The first kappa shape index (κ1) is 4.31. The van der Waals surface area contributed by atoms with Crippen molar-refractivity contribution in [3.8, 4) is 0 Å². The minimum absolute atomic E-state index is 0.361. The van der Waals surface area contributed by atoms with Gasteiger partial charge in [-0.15, -0.1) is 0 Å². The molecule has 0 unspecified atom stereocenters. The highest BCUT2D eigenvalue weighted by Crippen LogP contribution is 1.62. The smallest absolute Gasteiger partial charge is 0.137 e. The van der Waals surface area contributed by atoms with Crippen LogP contribution in [0.1, 0.15) is 0 Å². The molecule has 1 nitrogen and oxygen atoms in total. The summed E-state index contributed by atoms with van der Waals surface area (Å²) in [5.74, 6) is 0. The van der Waals surface area contributed by atoms with Crippen LogP contribution < -0.4 is 0 Å². The molecule has 0 aliphatic rings. The molecular formula is C2H7OS+. The van der Waals surface area contributed by atoms with Gasteiger partial charge in [0.25, 0.3) is 0 Å². The van der Waals surface area contributed by atoms with E-state index in [1.807, 2.05) is 0 Å². The van der Waals surface area contributed by atoms with E-state index in [-0.39, 0.29) is 11.2 Å². The topological polar surface area (TPSA) is 20.2 Å². The van der Waals surface area contributed by atoms with Crippen molar-refractivity contribution < 1.29 is 4.55 Å². The summed E-state index contributed by atoms with van der Waals surface area (Å²) in [5.41, 5.74) is 0. The molecule has 0 atom stereocenters. The number of hydrogen-bond donors (Lipinski definition) is 1. The SMILES string of the molecule is C[S+](C)O. The second kappa shape index (κ2) is 1.61. The van der Waals surface area contributed by atoms with E-state index in [1.165, 1.54) is 0 Å². The average Bonchev–Trinajstić information content (AvgIpc) is 0.811. The molecule has 0 heterocycles. The Morgan fingerprint density at radius 3 is 1.50 bits per heavy atom. The van der Waals surface area contributed by atoms with Crippen LogP contribution in [0.5, 0.6) is 0 Å². The van der Waals surface area contributed by atoms with Crippen molar-refractivity contribution in [1.82, 2.24) is 0 Å². The predicted molar refractivity (Wildman–Crippen MR) is 21.8 cm³/mol. The number of rotatable bonds is 0. The summed E-state index contributed by atoms with van der Waals surface area (Å²) in [4.78, 5) is 0. The van der Waals surface area contributed by atoms with Gasteiger partial charge >= 0.3 is 0 Å². The van der Waals surface area contributed by atoms with Crippen molar-refractivity contribution in [1.29, 1.82) is 0 Å². The second-order valence-electron chi connectivity index (χ2n) is 0.773. The fourth-order valence-corrected chi connectivity index (χ4v) is 0. The van der Waals surface area contributed by atoms with Gasteiger partial charge in [-0.05, 0) is 0 Å². The molecule has 0 aliphatic carbocycles. The third kappa shape index (κ3) is 41.3. The van der Waals surface area contributed by atoms with Crippen molar-refractivity contribution in [2.45, 2.75) is 0 Å². The van der Waals surface area contributed by atoms with E-state index in [0.29, 0.717) is 0 Å². The molecule has 4 heavy (non-hydrogen) atoms. The summed E-state index contributed by atoms with van der Waals surface area (Å²) in [6.45, 7) is 0. The normalized spacial score (nSPS) is 9.00. The standard InChI is InChI=1S/C2H7OS/c1-4(2)3/h3H,1-2H3/q+1. The quantitative estimate of drug-likeness (QED) is 0.415. The van der Waals surface area contributed by atoms with Gasteiger partial charge in [0.2, 0.25) is 0 Å². The Hall–Kier alpha value is 0.310. The zero-order valence-corrected chi connectivity index (χ0v) is 3.67. The highest BCUT2D eigenvalue weighted by Gasteiger charge is 1.82. The Balaban J connectivity index is 2.32. The van der Waals surface area contributed by atoms with E-state index in [1.54, 1.807) is 12.5 Å². The van der Waals surface area contributed by atoms with Crippen LogP contribution in [0.25, 0.3) is 0 Å². The predicted octanol–water partition coefficient (Wildman–Crippen LogP) is 0.337. The molecule has 0 aliphatic heterocycles. The molecule has 2 heteroatoms. The molecule has 0 aromatic heterocycles. The van der Waals surface area contributed by atoms with Crippen molar-refractivity contribution in [2.75, 3.05) is 12.5 Å². The lowest BCUT2D eigenvalue weighted by Gasteiger charge is -1.66. The van der Waals surface area contributed by atoms with Crippen LogP contribution in [-0.4, -0.2) is 17.1 Å². The van der Waals surface area contributed by atoms with Crippen LogP contribution in [0.3, 0.4) is 0 Å². The van der Waals surface area contributed by atoms with E-state index in [9.17, 15) is 0 Å². The van der Waals surface area contributed by atoms with E-state index in [0.717, 1.165) is 0 Å². The Bertz CT molecular complexity index is 10.8. The fraction of sp³-hybridized carbons (Fsp3) is 1.00. The highest BCUT2D eigenvalue weighted by molar-refractivity contribution is 7.90. The van der Waals surface area contributed by atoms with Crippen LogP contribution in [0, 0.1) is 0 Å². The lowest BCUT2D eigenvalue weighted by molar-refractivity contribution is 0.651. The molecule has 0 bridgehead atoms. The van der Waals surface area contributed by atoms with Crippen LogP contribution in [0.2, 0.25) is 0 Å². The van der Waals surface area contributed by atoms with Gasteiger partial charge in [0.05, 0.1) is 0 Å². The third-order valence-corrected chi connectivity index (χ3v) is 0. The molecule has 0 amide bonds. The zero-order chi connectivity index (χ0) is 3.58. The molecule has 0 aromatic carbocycles. The third-order valence-electron chi connectivity index (χ3n) is 0. The monoisotopic (exact) mass is 79.0 g/mol. The molecule has 26 valence electrons. The lowest BCUT2D eigenvalue weighted by Crippen LogP contribution is -1.85. The molecule has 0 aromatic rings. The van der Waals surface area contributed by atoms with Gasteiger partial charge < -0.3 is 0 Å². The Morgan fingerprint density at radius 2 is 1.50 bits per heavy atom. The first-order valence-corrected chi connectivity index (χ1v) is 3.00. The summed E-state index contributed by atoms with van der Waals surface area (Å²) in [5, 5.41) is 0. The largest absolute Gasteiger partial charge is 0.188 e. The molecule has 0 fully saturated rings. The summed E-state index contributed by atoms with van der Waals surface area (Å²) in [6.07, 6.45) is 3.50. The maximum Gasteiger partial charge on any atom is 0.137 e. The van der Waals surface area contributed by atoms with Gasteiger partial charge in [-0.3, -0.25) is 0 Å². The van der Waals surface area contributed by atoms with Crippen molar-refractivity contribution >= 4 is 11.2 Å². The summed E-state index contributed by atoms with van der Waals surface area (Å²) < 4.78 is 8.08. The molecule has 0 saturated heterocycles. The molecule has 0 spiro atoms. The molecule has 0 saturated carbocycles. The maximum atomic E-state index is 8.08.